The van der Waals surface area contributed by atoms with Gasteiger partial charge < -0.3 is 4.90 Å². The summed E-state index contributed by atoms with van der Waals surface area (Å²) in [4.78, 5) is 23.1. The first kappa shape index (κ1) is 15.6. The number of anilines is 1. The van der Waals surface area contributed by atoms with Crippen molar-refractivity contribution in [3.8, 4) is 5.82 Å². The molecular weight excluding hydrogens is 290 g/mol. The average molecular weight is 313 g/mol. The quantitative estimate of drug-likeness (QED) is 0.815. The van der Waals surface area contributed by atoms with Crippen molar-refractivity contribution in [3.05, 3.63) is 29.3 Å². The van der Waals surface area contributed by atoms with E-state index in [4.69, 9.17) is 0 Å². The van der Waals surface area contributed by atoms with Crippen molar-refractivity contribution < 1.29 is 4.79 Å². The molecule has 1 saturated heterocycles. The lowest BCUT2D eigenvalue weighted by atomic mass is 10.0. The minimum atomic E-state index is 0.0180. The topological polar surface area (TPSA) is 63.9 Å². The Kier molecular flexibility index (Phi) is 4.15. The van der Waals surface area contributed by atoms with Gasteiger partial charge in [-0.05, 0) is 47.0 Å². The highest BCUT2D eigenvalue weighted by molar-refractivity contribution is 5.95. The molecule has 3 rings (SSSR count). The number of nitrogens with zero attached hydrogens (tertiary/aromatic N) is 5. The molecule has 0 aromatic carbocycles. The Labute approximate surface area is 136 Å². The van der Waals surface area contributed by atoms with E-state index >= 15 is 0 Å². The molecule has 0 amide bonds. The minimum absolute atomic E-state index is 0.0180. The van der Waals surface area contributed by atoms with Gasteiger partial charge >= 0.3 is 0 Å². The van der Waals surface area contributed by atoms with E-state index in [1.807, 2.05) is 19.9 Å². The van der Waals surface area contributed by atoms with Crippen molar-refractivity contribution in [3.63, 3.8) is 0 Å². The van der Waals surface area contributed by atoms with E-state index in [1.54, 1.807) is 17.8 Å². The predicted octanol–water partition coefficient (Wildman–Crippen LogP) is 2.86. The molecule has 0 aliphatic carbocycles. The van der Waals surface area contributed by atoms with Crippen molar-refractivity contribution in [1.82, 2.24) is 19.7 Å². The highest BCUT2D eigenvalue weighted by Gasteiger charge is 2.21. The maximum absolute atomic E-state index is 11.6. The van der Waals surface area contributed by atoms with Crippen LogP contribution < -0.4 is 4.90 Å². The summed E-state index contributed by atoms with van der Waals surface area (Å²) in [5.74, 6) is 2.40. The first-order chi connectivity index (χ1) is 11.0. The third-order valence-corrected chi connectivity index (χ3v) is 4.51. The molecule has 0 bridgehead atoms. The summed E-state index contributed by atoms with van der Waals surface area (Å²) in [6.07, 6.45) is 5.26. The molecule has 1 fully saturated rings. The molecule has 0 N–H and O–H groups in total. The van der Waals surface area contributed by atoms with Crippen molar-refractivity contribution in [2.45, 2.75) is 53.0 Å². The number of carbonyl (C=O) groups is 1. The number of hydrogen-bond donors (Lipinski definition) is 0. The first-order valence-electron chi connectivity index (χ1n) is 8.15. The van der Waals surface area contributed by atoms with Crippen LogP contribution in [0.1, 0.15) is 55.0 Å². The van der Waals surface area contributed by atoms with Crippen LogP contribution in [-0.2, 0) is 0 Å². The number of ketones is 1. The van der Waals surface area contributed by atoms with Gasteiger partial charge in [-0.1, -0.05) is 0 Å². The molecule has 0 radical (unpaired) electrons. The van der Waals surface area contributed by atoms with E-state index in [-0.39, 0.29) is 5.78 Å². The Morgan fingerprint density at radius 1 is 1.22 bits per heavy atom. The standard InChI is InChI=1S/C17H23N5O/c1-11-7-5-6-8-21(11)16-9-17(20-14(4)19-16)22-12(2)15(10-18-22)13(3)23/h9-11H,5-8H2,1-4H3/t11-/m0/s1. The zero-order valence-electron chi connectivity index (χ0n) is 14.2. The molecule has 1 aliphatic heterocycles. The van der Waals surface area contributed by atoms with Gasteiger partial charge in [0.05, 0.1) is 17.5 Å². The fourth-order valence-corrected chi connectivity index (χ4v) is 3.22. The van der Waals surface area contributed by atoms with Gasteiger partial charge in [0.1, 0.15) is 11.6 Å². The van der Waals surface area contributed by atoms with Crippen molar-refractivity contribution >= 4 is 11.6 Å². The number of aryl methyl sites for hydroxylation is 1. The van der Waals surface area contributed by atoms with Crippen molar-refractivity contribution in [1.29, 1.82) is 0 Å². The average Bonchev–Trinajstić information content (AvgIpc) is 2.89. The molecule has 3 heterocycles. The van der Waals surface area contributed by atoms with E-state index in [2.05, 4.69) is 26.9 Å². The molecule has 1 atom stereocenters. The third kappa shape index (κ3) is 2.98. The number of Topliss-reactive ketones (excluding diaryl/α,β-unsaturated/α-hetero) is 1. The van der Waals surface area contributed by atoms with Crippen LogP contribution >= 0.6 is 0 Å². The monoisotopic (exact) mass is 313 g/mol. The normalized spacial score (nSPS) is 18.3. The molecule has 6 nitrogen and oxygen atoms in total. The lowest BCUT2D eigenvalue weighted by Gasteiger charge is -2.34. The summed E-state index contributed by atoms with van der Waals surface area (Å²) >= 11 is 0. The molecule has 2 aromatic rings. The van der Waals surface area contributed by atoms with Crippen molar-refractivity contribution in [2.24, 2.45) is 0 Å². The van der Waals surface area contributed by atoms with E-state index in [9.17, 15) is 4.79 Å². The van der Waals surface area contributed by atoms with E-state index in [1.165, 1.54) is 19.3 Å². The van der Waals surface area contributed by atoms with Crippen LogP contribution in [-0.4, -0.2) is 38.1 Å². The zero-order valence-corrected chi connectivity index (χ0v) is 14.2. The first-order valence-corrected chi connectivity index (χ1v) is 8.15. The minimum Gasteiger partial charge on any atom is -0.354 e. The van der Waals surface area contributed by atoms with Gasteiger partial charge in [-0.3, -0.25) is 4.79 Å². The van der Waals surface area contributed by atoms with E-state index in [0.29, 0.717) is 11.6 Å². The molecule has 2 aromatic heterocycles. The molecule has 122 valence electrons. The second-order valence-corrected chi connectivity index (χ2v) is 6.28. The van der Waals surface area contributed by atoms with Gasteiger partial charge in [0, 0.05) is 18.7 Å². The molecule has 0 spiro atoms. The Balaban J connectivity index is 2.02. The Morgan fingerprint density at radius 2 is 1.96 bits per heavy atom. The number of piperidine rings is 1. The molecule has 0 unspecified atom stereocenters. The molecular formula is C17H23N5O. The third-order valence-electron chi connectivity index (χ3n) is 4.51. The number of aromatic nitrogens is 4. The summed E-state index contributed by atoms with van der Waals surface area (Å²) in [6, 6.07) is 2.45. The summed E-state index contributed by atoms with van der Waals surface area (Å²) < 4.78 is 1.73. The Hall–Kier alpha value is -2.24. The lowest BCUT2D eigenvalue weighted by Crippen LogP contribution is -2.38. The van der Waals surface area contributed by atoms with Gasteiger partial charge in [0.2, 0.25) is 0 Å². The summed E-state index contributed by atoms with van der Waals surface area (Å²) in [7, 11) is 0. The summed E-state index contributed by atoms with van der Waals surface area (Å²) in [5, 5.41) is 4.34. The Bertz CT molecular complexity index is 737. The maximum Gasteiger partial charge on any atom is 0.163 e. The van der Waals surface area contributed by atoms with Crippen LogP contribution in [0.2, 0.25) is 0 Å². The molecule has 1 aliphatic rings. The second-order valence-electron chi connectivity index (χ2n) is 6.28. The Morgan fingerprint density at radius 3 is 2.61 bits per heavy atom. The van der Waals surface area contributed by atoms with Crippen LogP contribution in [0.25, 0.3) is 5.82 Å². The van der Waals surface area contributed by atoms with Gasteiger partial charge in [-0.25, -0.2) is 14.6 Å². The number of carbonyl (C=O) groups excluding carboxylic acids is 1. The smallest absolute Gasteiger partial charge is 0.163 e. The lowest BCUT2D eigenvalue weighted by molar-refractivity contribution is 0.101. The SMILES string of the molecule is CC(=O)c1cnn(-c2cc(N3CCCC[C@@H]3C)nc(C)n2)c1C. The van der Waals surface area contributed by atoms with E-state index in [0.717, 1.165) is 29.7 Å². The molecule has 6 heteroatoms. The molecule has 0 saturated carbocycles. The van der Waals surface area contributed by atoms with Gasteiger partial charge in [-0.2, -0.15) is 5.10 Å². The largest absolute Gasteiger partial charge is 0.354 e. The van der Waals surface area contributed by atoms with Crippen molar-refractivity contribution in [2.75, 3.05) is 11.4 Å². The zero-order chi connectivity index (χ0) is 16.6. The summed E-state index contributed by atoms with van der Waals surface area (Å²) in [5.41, 5.74) is 1.45. The highest BCUT2D eigenvalue weighted by atomic mass is 16.1. The van der Waals surface area contributed by atoms with Crippen LogP contribution in [0.5, 0.6) is 0 Å². The number of hydrogen-bond acceptors (Lipinski definition) is 5. The van der Waals surface area contributed by atoms with Gasteiger partial charge in [0.25, 0.3) is 0 Å². The fraction of sp³-hybridized carbons (Fsp3) is 0.529. The van der Waals surface area contributed by atoms with Gasteiger partial charge in [0.15, 0.2) is 11.6 Å². The second kappa shape index (κ2) is 6.10. The highest BCUT2D eigenvalue weighted by Crippen LogP contribution is 2.25. The van der Waals surface area contributed by atoms with Gasteiger partial charge in [-0.15, -0.1) is 0 Å². The maximum atomic E-state index is 11.6. The molecule has 23 heavy (non-hydrogen) atoms. The van der Waals surface area contributed by atoms with Crippen LogP contribution in [0.3, 0.4) is 0 Å². The number of rotatable bonds is 3. The summed E-state index contributed by atoms with van der Waals surface area (Å²) in [6.45, 7) is 8.61. The van der Waals surface area contributed by atoms with Crippen LogP contribution in [0.4, 0.5) is 5.82 Å². The van der Waals surface area contributed by atoms with Crippen LogP contribution in [0, 0.1) is 13.8 Å². The predicted molar refractivity (Wildman–Crippen MR) is 89.3 cm³/mol. The van der Waals surface area contributed by atoms with E-state index < -0.39 is 0 Å². The van der Waals surface area contributed by atoms with Crippen LogP contribution in [0.15, 0.2) is 12.3 Å². The fourth-order valence-electron chi connectivity index (χ4n) is 3.22.